The van der Waals surface area contributed by atoms with Gasteiger partial charge in [-0.1, -0.05) is 0 Å². The molecule has 0 bridgehead atoms. The van der Waals surface area contributed by atoms with Gasteiger partial charge in [0.2, 0.25) is 0 Å². The molecule has 1 aliphatic heterocycles. The Morgan fingerprint density at radius 2 is 2.05 bits per heavy atom. The van der Waals surface area contributed by atoms with E-state index in [-0.39, 0.29) is 31.6 Å². The van der Waals surface area contributed by atoms with Crippen LogP contribution < -0.4 is 0 Å². The highest BCUT2D eigenvalue weighted by Crippen LogP contribution is 2.29. The van der Waals surface area contributed by atoms with Gasteiger partial charge in [-0.25, -0.2) is 4.79 Å². The number of hydrogen-bond acceptors (Lipinski definition) is 4. The van der Waals surface area contributed by atoms with Gasteiger partial charge < -0.3 is 24.7 Å². The first-order valence-electron chi connectivity index (χ1n) is 7.38. The first kappa shape index (κ1) is 16.0. The summed E-state index contributed by atoms with van der Waals surface area (Å²) in [5, 5.41) is 18.1. The lowest BCUT2D eigenvalue weighted by Gasteiger charge is -2.43. The summed E-state index contributed by atoms with van der Waals surface area (Å²) in [6.07, 6.45) is 1.43. The number of hydrogen-bond donors (Lipinski definition) is 2. The van der Waals surface area contributed by atoms with Crippen molar-refractivity contribution in [3.63, 3.8) is 0 Å². The summed E-state index contributed by atoms with van der Waals surface area (Å²) in [5.41, 5.74) is -0.511. The van der Waals surface area contributed by atoms with Gasteiger partial charge in [0.15, 0.2) is 0 Å². The molecule has 0 spiro atoms. The fourth-order valence-corrected chi connectivity index (χ4v) is 2.75. The van der Waals surface area contributed by atoms with Crippen LogP contribution in [-0.2, 0) is 9.53 Å². The lowest BCUT2D eigenvalue weighted by Crippen LogP contribution is -2.58. The van der Waals surface area contributed by atoms with Crippen molar-refractivity contribution in [1.29, 1.82) is 0 Å². The number of carbonyl (C=O) groups excluding carboxylic acids is 1. The van der Waals surface area contributed by atoms with Crippen molar-refractivity contribution >= 4 is 12.0 Å². The number of carboxylic acid groups (broad SMARTS) is 1. The second kappa shape index (κ2) is 6.19. The number of morpholine rings is 1. The van der Waals surface area contributed by atoms with Gasteiger partial charge in [-0.05, 0) is 26.7 Å². The van der Waals surface area contributed by atoms with Crippen LogP contribution in [0, 0.1) is 0 Å². The van der Waals surface area contributed by atoms with Crippen molar-refractivity contribution in [3.05, 3.63) is 0 Å². The lowest BCUT2D eigenvalue weighted by atomic mass is 10.1. The number of urea groups is 1. The van der Waals surface area contributed by atoms with Gasteiger partial charge in [0.1, 0.15) is 0 Å². The number of aliphatic hydroxyl groups excluding tert-OH is 1. The molecule has 2 fully saturated rings. The highest BCUT2D eigenvalue weighted by molar-refractivity contribution is 5.76. The molecule has 2 aliphatic rings. The molecule has 0 aromatic heterocycles. The Kier molecular flexibility index (Phi) is 4.73. The Bertz CT molecular complexity index is 408. The summed E-state index contributed by atoms with van der Waals surface area (Å²) in [5.74, 6) is -0.899. The zero-order valence-corrected chi connectivity index (χ0v) is 12.6. The molecule has 7 heteroatoms. The molecule has 1 atom stereocenters. The molecule has 2 N–H and O–H groups in total. The number of carbonyl (C=O) groups is 2. The summed E-state index contributed by atoms with van der Waals surface area (Å²) in [6.45, 7) is 4.65. The topological polar surface area (TPSA) is 90.3 Å². The van der Waals surface area contributed by atoms with Gasteiger partial charge in [0.25, 0.3) is 0 Å². The van der Waals surface area contributed by atoms with Crippen LogP contribution >= 0.6 is 0 Å². The molecule has 1 heterocycles. The van der Waals surface area contributed by atoms with Crippen LogP contribution in [-0.4, -0.2) is 76.0 Å². The lowest BCUT2D eigenvalue weighted by molar-refractivity contribution is -0.141. The molecule has 0 aromatic rings. The second-order valence-corrected chi connectivity index (χ2v) is 6.41. The Morgan fingerprint density at radius 1 is 1.38 bits per heavy atom. The third-order valence-corrected chi connectivity index (χ3v) is 3.76. The summed E-state index contributed by atoms with van der Waals surface area (Å²) in [4.78, 5) is 26.7. The minimum atomic E-state index is -0.899. The van der Waals surface area contributed by atoms with E-state index in [2.05, 4.69) is 0 Å². The Hall–Kier alpha value is -1.34. The zero-order chi connectivity index (χ0) is 15.6. The van der Waals surface area contributed by atoms with Crippen LogP contribution in [0.1, 0.15) is 33.1 Å². The first-order valence-corrected chi connectivity index (χ1v) is 7.38. The van der Waals surface area contributed by atoms with E-state index in [1.54, 1.807) is 9.80 Å². The molecular weight excluding hydrogens is 276 g/mol. The molecule has 1 aliphatic carbocycles. The number of amides is 2. The fraction of sp³-hybridized carbons (Fsp3) is 0.857. The summed E-state index contributed by atoms with van der Waals surface area (Å²) in [7, 11) is 0. The smallest absolute Gasteiger partial charge is 0.320 e. The number of carboxylic acids is 1. The molecular formula is C14H24N2O5. The highest BCUT2D eigenvalue weighted by atomic mass is 16.5. The van der Waals surface area contributed by atoms with Crippen LogP contribution in [0.4, 0.5) is 4.79 Å². The standard InChI is InChI=1S/C14H24N2O5/c1-14(2)9-15(7-11(8-17)21-14)13(20)16(10-3-4-10)6-5-12(18)19/h10-11,17H,3-9H2,1-2H3,(H,18,19). The summed E-state index contributed by atoms with van der Waals surface area (Å²) < 4.78 is 5.70. The summed E-state index contributed by atoms with van der Waals surface area (Å²) in [6, 6.07) is 0.0176. The van der Waals surface area contributed by atoms with Gasteiger partial charge in [-0.3, -0.25) is 4.79 Å². The minimum Gasteiger partial charge on any atom is -0.481 e. The molecule has 2 rings (SSSR count). The maximum atomic E-state index is 12.7. The zero-order valence-electron chi connectivity index (χ0n) is 12.6. The number of aliphatic hydroxyl groups is 1. The number of ether oxygens (including phenoxy) is 1. The molecule has 2 amide bonds. The quantitative estimate of drug-likeness (QED) is 0.772. The monoisotopic (exact) mass is 300 g/mol. The van der Waals surface area contributed by atoms with Crippen LogP contribution in [0.5, 0.6) is 0 Å². The molecule has 21 heavy (non-hydrogen) atoms. The van der Waals surface area contributed by atoms with E-state index in [0.29, 0.717) is 13.1 Å². The largest absolute Gasteiger partial charge is 0.481 e. The SMILES string of the molecule is CC1(C)CN(C(=O)N(CCC(=O)O)C2CC2)CC(CO)O1. The molecule has 0 aromatic carbocycles. The first-order chi connectivity index (χ1) is 9.82. The van der Waals surface area contributed by atoms with Crippen molar-refractivity contribution in [2.75, 3.05) is 26.2 Å². The van der Waals surface area contributed by atoms with Crippen molar-refractivity contribution < 1.29 is 24.5 Å². The van der Waals surface area contributed by atoms with E-state index in [0.717, 1.165) is 12.8 Å². The van der Waals surface area contributed by atoms with Crippen LogP contribution in [0.25, 0.3) is 0 Å². The van der Waals surface area contributed by atoms with E-state index in [4.69, 9.17) is 9.84 Å². The molecule has 7 nitrogen and oxygen atoms in total. The van der Waals surface area contributed by atoms with E-state index in [9.17, 15) is 14.7 Å². The van der Waals surface area contributed by atoms with Gasteiger partial charge in [0, 0.05) is 12.6 Å². The third kappa shape index (κ3) is 4.31. The fourth-order valence-electron chi connectivity index (χ4n) is 2.75. The Balaban J connectivity index is 2.03. The molecule has 1 saturated heterocycles. The van der Waals surface area contributed by atoms with Crippen LogP contribution in [0.3, 0.4) is 0 Å². The predicted molar refractivity (Wildman–Crippen MR) is 75.0 cm³/mol. The molecule has 120 valence electrons. The Labute approximate surface area is 124 Å². The predicted octanol–water partition coefficient (Wildman–Crippen LogP) is 0.517. The molecule has 0 radical (unpaired) electrons. The summed E-state index contributed by atoms with van der Waals surface area (Å²) >= 11 is 0. The van der Waals surface area contributed by atoms with Crippen LogP contribution in [0.15, 0.2) is 0 Å². The van der Waals surface area contributed by atoms with E-state index in [1.807, 2.05) is 13.8 Å². The molecule has 1 saturated carbocycles. The van der Waals surface area contributed by atoms with Crippen LogP contribution in [0.2, 0.25) is 0 Å². The van der Waals surface area contributed by atoms with Crippen molar-refractivity contribution in [1.82, 2.24) is 9.80 Å². The van der Waals surface area contributed by atoms with Crippen molar-refractivity contribution in [2.24, 2.45) is 0 Å². The minimum absolute atomic E-state index is 0.0423. The van der Waals surface area contributed by atoms with Crippen molar-refractivity contribution in [2.45, 2.75) is 50.9 Å². The van der Waals surface area contributed by atoms with E-state index >= 15 is 0 Å². The maximum Gasteiger partial charge on any atom is 0.320 e. The van der Waals surface area contributed by atoms with Crippen molar-refractivity contribution in [3.8, 4) is 0 Å². The normalized spacial score (nSPS) is 24.7. The average Bonchev–Trinajstić information content (AvgIpc) is 3.21. The highest BCUT2D eigenvalue weighted by Gasteiger charge is 2.40. The maximum absolute atomic E-state index is 12.7. The third-order valence-electron chi connectivity index (χ3n) is 3.76. The Morgan fingerprint density at radius 3 is 2.57 bits per heavy atom. The number of nitrogens with zero attached hydrogens (tertiary/aromatic N) is 2. The van der Waals surface area contributed by atoms with E-state index < -0.39 is 17.7 Å². The second-order valence-electron chi connectivity index (χ2n) is 6.41. The number of rotatable bonds is 5. The van der Waals surface area contributed by atoms with Gasteiger partial charge in [-0.15, -0.1) is 0 Å². The number of aliphatic carboxylic acids is 1. The molecule has 1 unspecified atom stereocenters. The average molecular weight is 300 g/mol. The van der Waals surface area contributed by atoms with Gasteiger partial charge >= 0.3 is 12.0 Å². The van der Waals surface area contributed by atoms with Gasteiger partial charge in [0.05, 0.1) is 37.8 Å². The van der Waals surface area contributed by atoms with E-state index in [1.165, 1.54) is 0 Å². The van der Waals surface area contributed by atoms with Gasteiger partial charge in [-0.2, -0.15) is 0 Å².